The van der Waals surface area contributed by atoms with E-state index in [-0.39, 0.29) is 5.56 Å². The molecule has 0 spiro atoms. The van der Waals surface area contributed by atoms with E-state index in [0.29, 0.717) is 3.57 Å². The lowest BCUT2D eigenvalue weighted by Gasteiger charge is -2.22. The van der Waals surface area contributed by atoms with Crippen molar-refractivity contribution < 1.29 is 0 Å². The molecule has 94 valence electrons. The molecule has 18 heavy (non-hydrogen) atoms. The second-order valence-electron chi connectivity index (χ2n) is 3.87. The van der Waals surface area contributed by atoms with E-state index in [1.807, 2.05) is 40.8 Å². The van der Waals surface area contributed by atoms with Crippen LogP contribution in [-0.2, 0) is 6.54 Å². The number of anilines is 1. The first-order chi connectivity index (χ1) is 8.72. The molecule has 0 radical (unpaired) electrons. The van der Waals surface area contributed by atoms with Crippen LogP contribution in [0.15, 0.2) is 41.5 Å². The molecule has 2 aromatic rings. The van der Waals surface area contributed by atoms with Gasteiger partial charge in [-0.25, -0.2) is 4.98 Å². The number of hydrogen-bond acceptors (Lipinski definition) is 3. The summed E-state index contributed by atoms with van der Waals surface area (Å²) in [7, 11) is 0. The Labute approximate surface area is 119 Å². The molecule has 4 nitrogen and oxygen atoms in total. The van der Waals surface area contributed by atoms with Crippen molar-refractivity contribution in [3.63, 3.8) is 0 Å². The number of aromatic amines is 1. The number of nitrogens with zero attached hydrogens (tertiary/aromatic N) is 2. The van der Waals surface area contributed by atoms with Gasteiger partial charge in [0, 0.05) is 13.1 Å². The third-order valence-corrected chi connectivity index (χ3v) is 3.65. The minimum absolute atomic E-state index is 0.0906. The predicted molar refractivity (Wildman–Crippen MR) is 80.7 cm³/mol. The van der Waals surface area contributed by atoms with Crippen LogP contribution in [0, 0.1) is 3.57 Å². The summed E-state index contributed by atoms with van der Waals surface area (Å²) in [5, 5.41) is 0. The second kappa shape index (κ2) is 5.99. The molecule has 1 aromatic heterocycles. The summed E-state index contributed by atoms with van der Waals surface area (Å²) in [4.78, 5) is 20.5. The standard InChI is InChI=1S/C13H14IN3O/c1-2-17(8-10-6-4-3-5-7-10)12-11(14)13(18)16-9-15-12/h3-7,9H,2,8H2,1H3,(H,15,16,18). The first kappa shape index (κ1) is 13.1. The van der Waals surface area contributed by atoms with Gasteiger partial charge in [0.15, 0.2) is 0 Å². The minimum atomic E-state index is -0.0906. The van der Waals surface area contributed by atoms with Crippen LogP contribution in [0.4, 0.5) is 5.82 Å². The number of H-pyrrole nitrogens is 1. The zero-order chi connectivity index (χ0) is 13.0. The Morgan fingerprint density at radius 3 is 2.72 bits per heavy atom. The highest BCUT2D eigenvalue weighted by molar-refractivity contribution is 14.1. The fourth-order valence-corrected chi connectivity index (χ4v) is 2.37. The summed E-state index contributed by atoms with van der Waals surface area (Å²) in [5.74, 6) is 0.741. The van der Waals surface area contributed by atoms with Crippen LogP contribution < -0.4 is 10.5 Å². The molecule has 0 saturated heterocycles. The molecule has 0 aliphatic carbocycles. The topological polar surface area (TPSA) is 49.0 Å². The van der Waals surface area contributed by atoms with Gasteiger partial charge >= 0.3 is 0 Å². The van der Waals surface area contributed by atoms with Crippen LogP contribution in [-0.4, -0.2) is 16.5 Å². The molecule has 0 bridgehead atoms. The van der Waals surface area contributed by atoms with E-state index < -0.39 is 0 Å². The lowest BCUT2D eigenvalue weighted by atomic mass is 10.2. The van der Waals surface area contributed by atoms with E-state index in [1.54, 1.807) is 0 Å². The van der Waals surface area contributed by atoms with Crippen LogP contribution in [0.5, 0.6) is 0 Å². The van der Waals surface area contributed by atoms with Crippen molar-refractivity contribution in [2.45, 2.75) is 13.5 Å². The van der Waals surface area contributed by atoms with Gasteiger partial charge in [0.2, 0.25) is 0 Å². The molecule has 0 atom stereocenters. The molecule has 0 saturated carbocycles. The molecule has 0 aliphatic heterocycles. The van der Waals surface area contributed by atoms with Gasteiger partial charge in [-0.3, -0.25) is 4.79 Å². The molecular weight excluding hydrogens is 341 g/mol. The highest BCUT2D eigenvalue weighted by Gasteiger charge is 2.12. The molecule has 1 heterocycles. The molecule has 0 unspecified atom stereocenters. The van der Waals surface area contributed by atoms with Crippen molar-refractivity contribution in [2.24, 2.45) is 0 Å². The second-order valence-corrected chi connectivity index (χ2v) is 4.95. The number of hydrogen-bond donors (Lipinski definition) is 1. The highest BCUT2D eigenvalue weighted by Crippen LogP contribution is 2.17. The summed E-state index contributed by atoms with van der Waals surface area (Å²) in [5.41, 5.74) is 1.12. The van der Waals surface area contributed by atoms with Crippen LogP contribution in [0.2, 0.25) is 0 Å². The van der Waals surface area contributed by atoms with Gasteiger partial charge in [0.05, 0.1) is 6.33 Å². The maximum Gasteiger partial charge on any atom is 0.266 e. The van der Waals surface area contributed by atoms with Gasteiger partial charge in [-0.1, -0.05) is 30.3 Å². The highest BCUT2D eigenvalue weighted by atomic mass is 127. The van der Waals surface area contributed by atoms with E-state index in [2.05, 4.69) is 33.9 Å². The quantitative estimate of drug-likeness (QED) is 0.857. The van der Waals surface area contributed by atoms with Gasteiger partial charge in [-0.05, 0) is 35.1 Å². The number of nitrogens with one attached hydrogen (secondary N) is 1. The number of halogens is 1. The molecule has 1 aromatic carbocycles. The predicted octanol–water partition coefficient (Wildman–Crippen LogP) is 2.40. The fourth-order valence-electron chi connectivity index (χ4n) is 1.73. The largest absolute Gasteiger partial charge is 0.351 e. The van der Waals surface area contributed by atoms with E-state index in [1.165, 1.54) is 11.9 Å². The molecule has 1 N–H and O–H groups in total. The lowest BCUT2D eigenvalue weighted by molar-refractivity contribution is 0.803. The van der Waals surface area contributed by atoms with Gasteiger partial charge in [0.25, 0.3) is 5.56 Å². The fraction of sp³-hybridized carbons (Fsp3) is 0.231. The van der Waals surface area contributed by atoms with Crippen LogP contribution in [0.25, 0.3) is 0 Å². The van der Waals surface area contributed by atoms with Gasteiger partial charge < -0.3 is 9.88 Å². The molecule has 2 rings (SSSR count). The summed E-state index contributed by atoms with van der Waals surface area (Å²) in [6.07, 6.45) is 1.45. The van der Waals surface area contributed by atoms with Crippen molar-refractivity contribution in [1.82, 2.24) is 9.97 Å². The maximum absolute atomic E-state index is 11.6. The number of benzene rings is 1. The van der Waals surface area contributed by atoms with Crippen molar-refractivity contribution >= 4 is 28.4 Å². The van der Waals surface area contributed by atoms with Gasteiger partial charge in [-0.2, -0.15) is 0 Å². The summed E-state index contributed by atoms with van der Waals surface area (Å²) in [6.45, 7) is 3.62. The van der Waals surface area contributed by atoms with E-state index in [0.717, 1.165) is 18.9 Å². The third kappa shape index (κ3) is 2.90. The Morgan fingerprint density at radius 2 is 2.06 bits per heavy atom. The Bertz CT molecular complexity index is 568. The Hall–Kier alpha value is -1.37. The molecule has 0 fully saturated rings. The van der Waals surface area contributed by atoms with Crippen molar-refractivity contribution in [2.75, 3.05) is 11.4 Å². The third-order valence-electron chi connectivity index (χ3n) is 2.68. The van der Waals surface area contributed by atoms with E-state index >= 15 is 0 Å². The van der Waals surface area contributed by atoms with Gasteiger partial charge in [0.1, 0.15) is 9.39 Å². The molecule has 0 aliphatic rings. The Balaban J connectivity index is 2.29. The normalized spacial score (nSPS) is 10.3. The maximum atomic E-state index is 11.6. The minimum Gasteiger partial charge on any atom is -0.351 e. The SMILES string of the molecule is CCN(Cc1ccccc1)c1nc[nH]c(=O)c1I. The summed E-state index contributed by atoms with van der Waals surface area (Å²) >= 11 is 2.04. The average molecular weight is 355 g/mol. The van der Waals surface area contributed by atoms with Crippen molar-refractivity contribution in [3.05, 3.63) is 56.1 Å². The monoisotopic (exact) mass is 355 g/mol. The zero-order valence-corrected chi connectivity index (χ0v) is 12.2. The first-order valence-corrected chi connectivity index (χ1v) is 6.82. The van der Waals surface area contributed by atoms with Crippen molar-refractivity contribution in [1.29, 1.82) is 0 Å². The molecular formula is C13H14IN3O. The molecule has 0 amide bonds. The lowest BCUT2D eigenvalue weighted by Crippen LogP contribution is -2.27. The van der Waals surface area contributed by atoms with Crippen LogP contribution >= 0.6 is 22.6 Å². The van der Waals surface area contributed by atoms with E-state index in [9.17, 15) is 4.79 Å². The smallest absolute Gasteiger partial charge is 0.266 e. The molecule has 5 heteroatoms. The number of aromatic nitrogens is 2. The van der Waals surface area contributed by atoms with Crippen LogP contribution in [0.3, 0.4) is 0 Å². The first-order valence-electron chi connectivity index (χ1n) is 5.74. The summed E-state index contributed by atoms with van der Waals surface area (Å²) < 4.78 is 0.632. The zero-order valence-electron chi connectivity index (χ0n) is 10.1. The Morgan fingerprint density at radius 1 is 1.33 bits per heavy atom. The average Bonchev–Trinajstić information content (AvgIpc) is 2.41. The van der Waals surface area contributed by atoms with Crippen molar-refractivity contribution in [3.8, 4) is 0 Å². The van der Waals surface area contributed by atoms with Gasteiger partial charge in [-0.15, -0.1) is 0 Å². The Kier molecular flexibility index (Phi) is 4.35. The summed E-state index contributed by atoms with van der Waals surface area (Å²) in [6, 6.07) is 10.2. The number of rotatable bonds is 4. The van der Waals surface area contributed by atoms with Crippen LogP contribution in [0.1, 0.15) is 12.5 Å². The van der Waals surface area contributed by atoms with E-state index in [4.69, 9.17) is 0 Å².